The second kappa shape index (κ2) is 9.15. The highest BCUT2D eigenvalue weighted by atomic mass is 35.5. The minimum atomic E-state index is -0.0305. The van der Waals surface area contributed by atoms with Gasteiger partial charge in [-0.2, -0.15) is 0 Å². The highest BCUT2D eigenvalue weighted by Gasteiger charge is 2.19. The average molecular weight is 475 g/mol. The smallest absolute Gasteiger partial charge is 0.267 e. The molecule has 0 N–H and O–H groups in total. The SMILES string of the molecule is CCCc1sc2nc(SCc3ccc(Cl)cc3)n(-c3ccc(Cl)cc3)c(=O)c2c1C. The van der Waals surface area contributed by atoms with Crippen LogP contribution < -0.4 is 5.56 Å². The van der Waals surface area contributed by atoms with Crippen LogP contribution in [-0.4, -0.2) is 9.55 Å². The van der Waals surface area contributed by atoms with Crippen LogP contribution in [0.1, 0.15) is 29.3 Å². The van der Waals surface area contributed by atoms with E-state index in [0.29, 0.717) is 26.3 Å². The monoisotopic (exact) mass is 474 g/mol. The first-order valence-corrected chi connectivity index (χ1v) is 12.2. The van der Waals surface area contributed by atoms with E-state index in [1.807, 2.05) is 43.3 Å². The molecule has 2 aromatic carbocycles. The normalized spacial score (nSPS) is 11.3. The summed E-state index contributed by atoms with van der Waals surface area (Å²) in [5, 5.41) is 2.73. The van der Waals surface area contributed by atoms with Gasteiger partial charge in [-0.1, -0.05) is 60.4 Å². The Hall–Kier alpha value is -1.79. The van der Waals surface area contributed by atoms with Crippen LogP contribution in [0.2, 0.25) is 10.0 Å². The predicted molar refractivity (Wildman–Crippen MR) is 130 cm³/mol. The van der Waals surface area contributed by atoms with Gasteiger partial charge < -0.3 is 0 Å². The van der Waals surface area contributed by atoms with E-state index in [2.05, 4.69) is 6.92 Å². The molecule has 4 rings (SSSR count). The van der Waals surface area contributed by atoms with E-state index in [0.717, 1.165) is 34.5 Å². The number of rotatable bonds is 6. The average Bonchev–Trinajstić information content (AvgIpc) is 3.04. The molecule has 0 saturated carbocycles. The summed E-state index contributed by atoms with van der Waals surface area (Å²) in [6, 6.07) is 15.0. The van der Waals surface area contributed by atoms with Gasteiger partial charge in [0.25, 0.3) is 5.56 Å². The summed E-state index contributed by atoms with van der Waals surface area (Å²) >= 11 is 15.3. The van der Waals surface area contributed by atoms with Crippen LogP contribution in [0.3, 0.4) is 0 Å². The van der Waals surface area contributed by atoms with E-state index < -0.39 is 0 Å². The van der Waals surface area contributed by atoms with E-state index in [-0.39, 0.29) is 5.56 Å². The third-order valence-electron chi connectivity index (χ3n) is 4.88. The van der Waals surface area contributed by atoms with Crippen LogP contribution >= 0.6 is 46.3 Å². The number of thioether (sulfide) groups is 1. The van der Waals surface area contributed by atoms with Gasteiger partial charge in [-0.05, 0) is 60.9 Å². The first-order valence-electron chi connectivity index (χ1n) is 9.66. The van der Waals surface area contributed by atoms with Gasteiger partial charge in [-0.25, -0.2) is 4.98 Å². The quantitative estimate of drug-likeness (QED) is 0.217. The molecule has 0 saturated heterocycles. The first kappa shape index (κ1) is 21.4. The van der Waals surface area contributed by atoms with Crippen molar-refractivity contribution < 1.29 is 0 Å². The lowest BCUT2D eigenvalue weighted by Crippen LogP contribution is -2.21. The lowest BCUT2D eigenvalue weighted by Gasteiger charge is -2.12. The van der Waals surface area contributed by atoms with Crippen molar-refractivity contribution in [2.45, 2.75) is 37.6 Å². The van der Waals surface area contributed by atoms with Crippen molar-refractivity contribution in [3.05, 3.63) is 84.9 Å². The van der Waals surface area contributed by atoms with Crippen LogP contribution in [0, 0.1) is 6.92 Å². The van der Waals surface area contributed by atoms with E-state index in [1.54, 1.807) is 39.8 Å². The maximum Gasteiger partial charge on any atom is 0.267 e. The number of fused-ring (bicyclic) bond motifs is 1. The van der Waals surface area contributed by atoms with E-state index in [4.69, 9.17) is 28.2 Å². The Morgan fingerprint density at radius 3 is 2.30 bits per heavy atom. The Balaban J connectivity index is 1.85. The van der Waals surface area contributed by atoms with Crippen molar-refractivity contribution in [3.8, 4) is 5.69 Å². The number of benzene rings is 2. The Bertz CT molecular complexity index is 1250. The van der Waals surface area contributed by atoms with Gasteiger partial charge in [-0.15, -0.1) is 11.3 Å². The van der Waals surface area contributed by atoms with Gasteiger partial charge in [0.2, 0.25) is 0 Å². The van der Waals surface area contributed by atoms with E-state index in [1.165, 1.54) is 4.88 Å². The van der Waals surface area contributed by atoms with Crippen LogP contribution in [-0.2, 0) is 12.2 Å². The Labute approximate surface area is 193 Å². The molecule has 0 aliphatic carbocycles. The predicted octanol–water partition coefficient (Wildman–Crippen LogP) is 7.31. The standard InChI is InChI=1S/C23H20Cl2N2OS2/c1-3-4-19-14(2)20-21(30-19)26-23(29-13-15-5-7-16(24)8-6-15)27(22(20)28)18-11-9-17(25)10-12-18/h5-12H,3-4,13H2,1-2H3. The summed E-state index contributed by atoms with van der Waals surface area (Å²) in [6.45, 7) is 4.18. The molecule has 0 radical (unpaired) electrons. The molecule has 0 unspecified atom stereocenters. The maximum atomic E-state index is 13.6. The molecule has 30 heavy (non-hydrogen) atoms. The van der Waals surface area contributed by atoms with Crippen molar-refractivity contribution in [1.29, 1.82) is 0 Å². The molecule has 7 heteroatoms. The third-order valence-corrected chi connectivity index (χ3v) is 7.63. The first-order chi connectivity index (χ1) is 14.5. The van der Waals surface area contributed by atoms with Gasteiger partial charge in [0, 0.05) is 20.7 Å². The molecule has 0 aliphatic rings. The number of thiophene rings is 1. The zero-order chi connectivity index (χ0) is 21.3. The minimum Gasteiger partial charge on any atom is -0.268 e. The van der Waals surface area contributed by atoms with Crippen molar-refractivity contribution in [2.24, 2.45) is 0 Å². The molecule has 0 bridgehead atoms. The number of hydrogen-bond acceptors (Lipinski definition) is 4. The highest BCUT2D eigenvalue weighted by molar-refractivity contribution is 7.98. The molecular formula is C23H20Cl2N2OS2. The summed E-state index contributed by atoms with van der Waals surface area (Å²) in [6.07, 6.45) is 2.00. The molecule has 3 nitrogen and oxygen atoms in total. The van der Waals surface area contributed by atoms with Gasteiger partial charge in [-0.3, -0.25) is 9.36 Å². The van der Waals surface area contributed by atoms with Crippen molar-refractivity contribution in [3.63, 3.8) is 0 Å². The largest absolute Gasteiger partial charge is 0.268 e. The zero-order valence-corrected chi connectivity index (χ0v) is 19.8. The van der Waals surface area contributed by atoms with Gasteiger partial charge in [0.05, 0.1) is 11.1 Å². The summed E-state index contributed by atoms with van der Waals surface area (Å²) in [7, 11) is 0. The molecule has 4 aromatic rings. The van der Waals surface area contributed by atoms with Crippen LogP contribution in [0.25, 0.3) is 15.9 Å². The Morgan fingerprint density at radius 2 is 1.67 bits per heavy atom. The summed E-state index contributed by atoms with van der Waals surface area (Å²) in [4.78, 5) is 20.6. The maximum absolute atomic E-state index is 13.6. The topological polar surface area (TPSA) is 34.9 Å². The van der Waals surface area contributed by atoms with Crippen LogP contribution in [0.5, 0.6) is 0 Å². The molecule has 0 aliphatic heterocycles. The number of nitrogens with zero attached hydrogens (tertiary/aromatic N) is 2. The number of aryl methyl sites for hydroxylation is 2. The molecule has 0 atom stereocenters. The van der Waals surface area contributed by atoms with E-state index >= 15 is 0 Å². The molecular weight excluding hydrogens is 455 g/mol. The third kappa shape index (κ3) is 4.30. The summed E-state index contributed by atoms with van der Waals surface area (Å²) < 4.78 is 1.70. The van der Waals surface area contributed by atoms with Gasteiger partial charge in [0.1, 0.15) is 4.83 Å². The molecule has 2 heterocycles. The van der Waals surface area contributed by atoms with Crippen molar-refractivity contribution in [1.82, 2.24) is 9.55 Å². The fraction of sp³-hybridized carbons (Fsp3) is 0.217. The summed E-state index contributed by atoms with van der Waals surface area (Å²) in [5.74, 6) is 0.689. The van der Waals surface area contributed by atoms with Crippen LogP contribution in [0.15, 0.2) is 58.5 Å². The number of hydrogen-bond donors (Lipinski definition) is 0. The van der Waals surface area contributed by atoms with Crippen LogP contribution in [0.4, 0.5) is 0 Å². The van der Waals surface area contributed by atoms with Gasteiger partial charge in [0.15, 0.2) is 5.16 Å². The molecule has 154 valence electrons. The van der Waals surface area contributed by atoms with E-state index in [9.17, 15) is 4.79 Å². The Morgan fingerprint density at radius 1 is 1.03 bits per heavy atom. The lowest BCUT2D eigenvalue weighted by molar-refractivity contribution is 0.821. The summed E-state index contributed by atoms with van der Waals surface area (Å²) in [5.41, 5.74) is 2.90. The molecule has 0 fully saturated rings. The lowest BCUT2D eigenvalue weighted by atomic mass is 10.1. The number of halogens is 2. The zero-order valence-electron chi connectivity index (χ0n) is 16.6. The minimum absolute atomic E-state index is 0.0305. The fourth-order valence-corrected chi connectivity index (χ4v) is 5.86. The molecule has 0 spiro atoms. The fourth-order valence-electron chi connectivity index (χ4n) is 3.32. The van der Waals surface area contributed by atoms with Crippen molar-refractivity contribution in [2.75, 3.05) is 0 Å². The Kier molecular flexibility index (Phi) is 6.54. The van der Waals surface area contributed by atoms with Crippen molar-refractivity contribution >= 4 is 56.5 Å². The highest BCUT2D eigenvalue weighted by Crippen LogP contribution is 2.32. The number of aromatic nitrogens is 2. The second-order valence-corrected chi connectivity index (χ2v) is 9.91. The molecule has 0 amide bonds. The van der Waals surface area contributed by atoms with Gasteiger partial charge >= 0.3 is 0 Å². The molecule has 2 aromatic heterocycles. The second-order valence-electron chi connectivity index (χ2n) is 7.01.